The maximum absolute atomic E-state index is 9.59. The Morgan fingerprint density at radius 2 is 1.97 bits per heavy atom. The van der Waals surface area contributed by atoms with Crippen molar-refractivity contribution < 1.29 is 5.11 Å². The van der Waals surface area contributed by atoms with Crippen molar-refractivity contribution >= 4 is 28.4 Å². The summed E-state index contributed by atoms with van der Waals surface area (Å²) >= 11 is 0. The van der Waals surface area contributed by atoms with Crippen LogP contribution in [0.25, 0.3) is 28.1 Å². The van der Waals surface area contributed by atoms with Crippen LogP contribution in [0, 0.1) is 0 Å². The van der Waals surface area contributed by atoms with Gasteiger partial charge >= 0.3 is 0 Å². The molecular weight excluding hydrogens is 400 g/mol. The molecule has 7 heteroatoms. The minimum atomic E-state index is -0.0619. The molecule has 0 spiro atoms. The second-order valence-corrected chi connectivity index (χ2v) is 7.77. The van der Waals surface area contributed by atoms with Crippen LogP contribution in [0.2, 0.25) is 0 Å². The summed E-state index contributed by atoms with van der Waals surface area (Å²) in [4.78, 5) is 13.7. The van der Waals surface area contributed by atoms with Crippen molar-refractivity contribution in [2.24, 2.45) is 0 Å². The lowest BCUT2D eigenvalue weighted by molar-refractivity contribution is 0.271. The van der Waals surface area contributed by atoms with E-state index >= 15 is 0 Å². The van der Waals surface area contributed by atoms with Crippen LogP contribution in [-0.2, 0) is 6.54 Å². The molecule has 4 rings (SSSR count). The highest BCUT2D eigenvalue weighted by Crippen LogP contribution is 2.27. The highest BCUT2D eigenvalue weighted by Gasteiger charge is 2.14. The summed E-state index contributed by atoms with van der Waals surface area (Å²) in [5.41, 5.74) is 6.40. The second-order valence-electron chi connectivity index (χ2n) is 7.77. The fourth-order valence-electron chi connectivity index (χ4n) is 3.49. The highest BCUT2D eigenvalue weighted by molar-refractivity contribution is 5.89. The summed E-state index contributed by atoms with van der Waals surface area (Å²) < 4.78 is 1.87. The van der Waals surface area contributed by atoms with Gasteiger partial charge in [-0.2, -0.15) is 0 Å². The first-order valence-corrected chi connectivity index (χ1v) is 10.7. The van der Waals surface area contributed by atoms with Gasteiger partial charge < -0.3 is 15.7 Å². The number of fused-ring (bicyclic) bond motifs is 1. The molecule has 0 fully saturated rings. The molecule has 3 aromatic heterocycles. The summed E-state index contributed by atoms with van der Waals surface area (Å²) in [6.07, 6.45) is 4.33. The Bertz CT molecular complexity index is 1200. The lowest BCUT2D eigenvalue weighted by Gasteiger charge is -2.17. The summed E-state index contributed by atoms with van der Waals surface area (Å²) in [7, 11) is 0. The molecule has 3 heterocycles. The van der Waals surface area contributed by atoms with E-state index in [9.17, 15) is 5.11 Å². The predicted molar refractivity (Wildman–Crippen MR) is 130 cm³/mol. The Hall–Kier alpha value is -3.71. The first-order chi connectivity index (χ1) is 15.6. The van der Waals surface area contributed by atoms with Crippen LogP contribution in [0.3, 0.4) is 0 Å². The maximum Gasteiger partial charge on any atom is 0.168 e. The molecular formula is C25H28N6O. The van der Waals surface area contributed by atoms with Crippen LogP contribution in [0.1, 0.15) is 25.8 Å². The first-order valence-electron chi connectivity index (χ1n) is 10.7. The van der Waals surface area contributed by atoms with Crippen molar-refractivity contribution in [2.45, 2.75) is 32.9 Å². The number of hydrogen-bond acceptors (Lipinski definition) is 6. The molecule has 3 N–H and O–H groups in total. The average Bonchev–Trinajstić information content (AvgIpc) is 3.26. The second kappa shape index (κ2) is 9.62. The van der Waals surface area contributed by atoms with Crippen LogP contribution < -0.4 is 10.6 Å². The Labute approximate surface area is 187 Å². The number of pyridine rings is 2. The fourth-order valence-corrected chi connectivity index (χ4v) is 3.49. The Balaban J connectivity index is 1.59. The van der Waals surface area contributed by atoms with Crippen molar-refractivity contribution in [1.82, 2.24) is 19.5 Å². The minimum absolute atomic E-state index is 0.0430. The highest BCUT2D eigenvalue weighted by atomic mass is 16.3. The van der Waals surface area contributed by atoms with E-state index in [2.05, 4.69) is 51.4 Å². The third-order valence-electron chi connectivity index (χ3n) is 5.38. The van der Waals surface area contributed by atoms with Crippen molar-refractivity contribution in [3.05, 3.63) is 73.2 Å². The predicted octanol–water partition coefficient (Wildman–Crippen LogP) is 4.78. The van der Waals surface area contributed by atoms with Gasteiger partial charge in [-0.25, -0.2) is 9.97 Å². The van der Waals surface area contributed by atoms with Crippen molar-refractivity contribution in [3.8, 4) is 11.3 Å². The number of allylic oxidation sites excluding steroid dienone is 1. The zero-order valence-electron chi connectivity index (χ0n) is 18.4. The van der Waals surface area contributed by atoms with Gasteiger partial charge in [0.2, 0.25) is 0 Å². The van der Waals surface area contributed by atoms with E-state index in [1.165, 1.54) is 0 Å². The molecule has 1 atom stereocenters. The van der Waals surface area contributed by atoms with Gasteiger partial charge in [-0.05, 0) is 31.0 Å². The molecule has 0 aliphatic rings. The number of nitrogens with zero attached hydrogens (tertiary/aromatic N) is 4. The van der Waals surface area contributed by atoms with Gasteiger partial charge in [0, 0.05) is 30.1 Å². The zero-order chi connectivity index (χ0) is 22.5. The number of aliphatic hydroxyl groups is 1. The molecule has 0 aliphatic carbocycles. The van der Waals surface area contributed by atoms with Gasteiger partial charge in [0.1, 0.15) is 17.7 Å². The molecule has 4 aromatic rings. The molecule has 0 saturated heterocycles. The topological polar surface area (TPSA) is 87.9 Å². The molecule has 32 heavy (non-hydrogen) atoms. The van der Waals surface area contributed by atoms with Crippen molar-refractivity contribution in [2.75, 3.05) is 17.2 Å². The van der Waals surface area contributed by atoms with E-state index in [1.807, 2.05) is 42.7 Å². The summed E-state index contributed by atoms with van der Waals surface area (Å²) in [5.74, 6) is 0.689. The first kappa shape index (κ1) is 21.5. The quantitative estimate of drug-likeness (QED) is 0.356. The Morgan fingerprint density at radius 3 is 2.62 bits per heavy atom. The number of imidazole rings is 1. The molecule has 164 valence electrons. The van der Waals surface area contributed by atoms with E-state index in [0.717, 1.165) is 45.8 Å². The number of aromatic nitrogens is 4. The third kappa shape index (κ3) is 4.63. The normalized spacial score (nSPS) is 12.0. The van der Waals surface area contributed by atoms with Crippen LogP contribution in [0.15, 0.2) is 67.6 Å². The van der Waals surface area contributed by atoms with E-state index in [4.69, 9.17) is 4.98 Å². The summed E-state index contributed by atoms with van der Waals surface area (Å²) in [6.45, 7) is 8.65. The fraction of sp³-hybridized carbons (Fsp3) is 0.240. The molecule has 1 aromatic carbocycles. The maximum atomic E-state index is 9.59. The molecule has 7 nitrogen and oxygen atoms in total. The standard InChI is InChI=1S/C25H28N6O/c1-4-20(15-32)29-23-13-22(24-25(30-23)31(16-28-24)17(2)3)27-14-18-8-10-19(11-9-18)21-7-5-6-12-26-21/h5-13,16,20,32H,2,4,14-15H2,1,3H3,(H2,27,29,30)/t20-/m1/s1. The molecule has 0 saturated carbocycles. The SMILES string of the molecule is C=C(C)n1cnc2c(NCc3ccc(-c4ccccn4)cc3)cc(N[C@H](CC)CO)nc21. The van der Waals surface area contributed by atoms with Crippen molar-refractivity contribution in [1.29, 1.82) is 0 Å². The van der Waals surface area contributed by atoms with Gasteiger partial charge in [0.25, 0.3) is 0 Å². The average molecular weight is 429 g/mol. The van der Waals surface area contributed by atoms with E-state index in [1.54, 1.807) is 12.5 Å². The van der Waals surface area contributed by atoms with Gasteiger partial charge in [0.15, 0.2) is 5.65 Å². The lowest BCUT2D eigenvalue weighted by atomic mass is 10.1. The largest absolute Gasteiger partial charge is 0.394 e. The monoisotopic (exact) mass is 428 g/mol. The minimum Gasteiger partial charge on any atom is -0.394 e. The molecule has 0 unspecified atom stereocenters. The lowest BCUT2D eigenvalue weighted by Crippen LogP contribution is -2.23. The van der Waals surface area contributed by atoms with Gasteiger partial charge in [-0.15, -0.1) is 0 Å². The van der Waals surface area contributed by atoms with Crippen LogP contribution in [0.5, 0.6) is 0 Å². The molecule has 0 amide bonds. The van der Waals surface area contributed by atoms with Gasteiger partial charge in [-0.3, -0.25) is 9.55 Å². The van der Waals surface area contributed by atoms with Crippen LogP contribution >= 0.6 is 0 Å². The van der Waals surface area contributed by atoms with Crippen LogP contribution in [-0.4, -0.2) is 37.3 Å². The van der Waals surface area contributed by atoms with E-state index in [-0.39, 0.29) is 12.6 Å². The number of nitrogens with one attached hydrogen (secondary N) is 2. The van der Waals surface area contributed by atoms with Gasteiger partial charge in [-0.1, -0.05) is 43.8 Å². The summed E-state index contributed by atoms with van der Waals surface area (Å²) in [6, 6.07) is 16.1. The third-order valence-corrected chi connectivity index (χ3v) is 5.38. The molecule has 0 bridgehead atoms. The zero-order valence-corrected chi connectivity index (χ0v) is 18.4. The smallest absolute Gasteiger partial charge is 0.168 e. The number of hydrogen-bond donors (Lipinski definition) is 3. The Morgan fingerprint density at radius 1 is 1.16 bits per heavy atom. The number of rotatable bonds is 9. The van der Waals surface area contributed by atoms with E-state index < -0.39 is 0 Å². The number of aliphatic hydroxyl groups excluding tert-OH is 1. The number of anilines is 2. The van der Waals surface area contributed by atoms with E-state index in [0.29, 0.717) is 12.4 Å². The van der Waals surface area contributed by atoms with Gasteiger partial charge in [0.05, 0.1) is 24.0 Å². The molecule has 0 radical (unpaired) electrons. The molecule has 0 aliphatic heterocycles. The van der Waals surface area contributed by atoms with Crippen LogP contribution in [0.4, 0.5) is 11.5 Å². The van der Waals surface area contributed by atoms with Crippen molar-refractivity contribution in [3.63, 3.8) is 0 Å². The number of benzene rings is 1. The summed E-state index contributed by atoms with van der Waals surface area (Å²) in [5, 5.41) is 16.4. The Kier molecular flexibility index (Phi) is 6.47.